The molecule has 4 heterocycles. The lowest BCUT2D eigenvalue weighted by Gasteiger charge is -2.25. The van der Waals surface area contributed by atoms with Gasteiger partial charge >= 0.3 is 0 Å². The molecule has 0 saturated carbocycles. The fourth-order valence-corrected chi connectivity index (χ4v) is 6.58. The summed E-state index contributed by atoms with van der Waals surface area (Å²) < 4.78 is 18.6. The van der Waals surface area contributed by atoms with E-state index in [0.29, 0.717) is 5.71 Å². The molecule has 206 valence electrons. The Balaban J connectivity index is 1.24. The first-order valence-corrected chi connectivity index (χ1v) is 14.6. The largest absolute Gasteiger partial charge is 0.456 e. The Morgan fingerprint density at radius 1 is 0.386 bits per heavy atom. The van der Waals surface area contributed by atoms with Crippen LogP contribution in [0, 0.1) is 0 Å². The molecule has 0 N–H and O–H groups in total. The van der Waals surface area contributed by atoms with Crippen LogP contribution in [0.2, 0.25) is 0 Å². The molecule has 0 atom stereocenters. The van der Waals surface area contributed by atoms with Crippen LogP contribution in [0.25, 0.3) is 76.8 Å². The Morgan fingerprint density at radius 3 is 1.48 bits per heavy atom. The van der Waals surface area contributed by atoms with Gasteiger partial charge in [-0.15, -0.1) is 0 Å². The zero-order valence-electron chi connectivity index (χ0n) is 23.3. The van der Waals surface area contributed by atoms with Crippen LogP contribution in [0.5, 0.6) is 0 Å². The maximum Gasteiger partial charge on any atom is 0.227 e. The molecular formula is C39H22N2O3. The fourth-order valence-electron chi connectivity index (χ4n) is 6.58. The van der Waals surface area contributed by atoms with E-state index in [2.05, 4.69) is 89.8 Å². The van der Waals surface area contributed by atoms with Crippen molar-refractivity contribution in [3.05, 3.63) is 133 Å². The molecule has 0 aliphatic rings. The number of fused-ring (bicyclic) bond motifs is 10. The summed E-state index contributed by atoms with van der Waals surface area (Å²) in [4.78, 5) is 7.11. The van der Waals surface area contributed by atoms with Crippen LogP contribution >= 0.6 is 0 Å². The van der Waals surface area contributed by atoms with E-state index in [1.54, 1.807) is 0 Å². The second-order valence-electron chi connectivity index (χ2n) is 11.2. The van der Waals surface area contributed by atoms with E-state index in [1.807, 2.05) is 48.5 Å². The molecule has 0 aliphatic carbocycles. The van der Waals surface area contributed by atoms with Crippen LogP contribution in [0.4, 0.5) is 17.1 Å². The molecule has 4 aromatic heterocycles. The summed E-state index contributed by atoms with van der Waals surface area (Å²) in [7, 11) is 0. The average molecular weight is 567 g/mol. The van der Waals surface area contributed by atoms with Gasteiger partial charge in [0.05, 0.1) is 5.52 Å². The van der Waals surface area contributed by atoms with Gasteiger partial charge in [0.25, 0.3) is 0 Å². The number of aromatic nitrogens is 1. The quantitative estimate of drug-likeness (QED) is 0.213. The highest BCUT2D eigenvalue weighted by molar-refractivity contribution is 6.11. The first-order valence-electron chi connectivity index (χ1n) is 14.6. The van der Waals surface area contributed by atoms with E-state index < -0.39 is 0 Å². The van der Waals surface area contributed by atoms with Crippen LogP contribution in [0.3, 0.4) is 0 Å². The molecule has 0 spiro atoms. The Hall–Kier alpha value is -6.07. The SMILES string of the molecule is c1ccc2nc3oc4ccc(N(c5ccc6oc7ccccc7c6c5)c5ccc6oc7ccccc7c6c5)cc4c3cc2c1. The van der Waals surface area contributed by atoms with Crippen molar-refractivity contribution >= 4 is 93.9 Å². The monoisotopic (exact) mass is 566 g/mol. The number of anilines is 3. The van der Waals surface area contributed by atoms with Gasteiger partial charge in [0, 0.05) is 54.8 Å². The third-order valence-electron chi connectivity index (χ3n) is 8.64. The molecular weight excluding hydrogens is 544 g/mol. The predicted molar refractivity (Wildman–Crippen MR) is 178 cm³/mol. The van der Waals surface area contributed by atoms with Crippen LogP contribution in [-0.4, -0.2) is 4.98 Å². The van der Waals surface area contributed by atoms with Crippen molar-refractivity contribution in [3.8, 4) is 0 Å². The average Bonchev–Trinajstić information content (AvgIpc) is 3.74. The number of hydrogen-bond donors (Lipinski definition) is 0. The maximum atomic E-state index is 6.24. The van der Waals surface area contributed by atoms with Gasteiger partial charge in [0.1, 0.15) is 27.9 Å². The van der Waals surface area contributed by atoms with Crippen LogP contribution < -0.4 is 4.90 Å². The first kappa shape index (κ1) is 23.5. The third-order valence-corrected chi connectivity index (χ3v) is 8.64. The minimum absolute atomic E-state index is 0.639. The van der Waals surface area contributed by atoms with E-state index in [4.69, 9.17) is 18.2 Å². The van der Waals surface area contributed by atoms with Crippen molar-refractivity contribution < 1.29 is 13.3 Å². The molecule has 0 radical (unpaired) electrons. The van der Waals surface area contributed by atoms with Crippen molar-refractivity contribution in [1.29, 1.82) is 0 Å². The second kappa shape index (κ2) is 8.72. The summed E-state index contributed by atoms with van der Waals surface area (Å²) in [6, 6.07) is 45.8. The van der Waals surface area contributed by atoms with E-state index in [1.165, 1.54) is 0 Å². The normalized spacial score (nSPS) is 12.1. The molecule has 6 aromatic carbocycles. The van der Waals surface area contributed by atoms with Gasteiger partial charge in [-0.05, 0) is 78.9 Å². The number of para-hydroxylation sites is 3. The smallest absolute Gasteiger partial charge is 0.227 e. The van der Waals surface area contributed by atoms with Crippen LogP contribution in [0.15, 0.2) is 147 Å². The van der Waals surface area contributed by atoms with Gasteiger partial charge in [-0.3, -0.25) is 0 Å². The molecule has 0 saturated heterocycles. The maximum absolute atomic E-state index is 6.24. The number of benzene rings is 6. The molecule has 0 bridgehead atoms. The lowest BCUT2D eigenvalue weighted by Crippen LogP contribution is -2.09. The topological polar surface area (TPSA) is 55.6 Å². The summed E-state index contributed by atoms with van der Waals surface area (Å²) in [5.74, 6) is 0. The van der Waals surface area contributed by atoms with E-state index in [-0.39, 0.29) is 0 Å². The first-order chi connectivity index (χ1) is 21.8. The summed E-state index contributed by atoms with van der Waals surface area (Å²) in [6.45, 7) is 0. The van der Waals surface area contributed by atoms with Crippen molar-refractivity contribution in [1.82, 2.24) is 4.98 Å². The van der Waals surface area contributed by atoms with E-state index in [0.717, 1.165) is 88.2 Å². The highest BCUT2D eigenvalue weighted by atomic mass is 16.3. The Labute approximate surface area is 250 Å². The fraction of sp³-hybridized carbons (Fsp3) is 0. The van der Waals surface area contributed by atoms with E-state index >= 15 is 0 Å². The van der Waals surface area contributed by atoms with Gasteiger partial charge in [-0.1, -0.05) is 54.6 Å². The van der Waals surface area contributed by atoms with Crippen molar-refractivity contribution in [3.63, 3.8) is 0 Å². The molecule has 44 heavy (non-hydrogen) atoms. The molecule has 0 amide bonds. The Morgan fingerprint density at radius 2 is 0.864 bits per heavy atom. The van der Waals surface area contributed by atoms with Crippen LogP contribution in [0.1, 0.15) is 0 Å². The molecule has 5 heteroatoms. The second-order valence-corrected chi connectivity index (χ2v) is 11.2. The molecule has 0 fully saturated rings. The molecule has 10 aromatic rings. The highest BCUT2D eigenvalue weighted by Crippen LogP contribution is 2.43. The minimum atomic E-state index is 0.639. The zero-order chi connectivity index (χ0) is 28.8. The molecule has 0 unspecified atom stereocenters. The molecule has 10 rings (SSSR count). The standard InChI is InChI=1S/C39H22N2O3/c1-4-10-33-23(7-1)19-32-31-22-26(15-18-38(31)44-39(32)40-33)41(24-13-16-36-29(20-24)27-8-2-5-11-34(27)42-36)25-14-17-37-30(21-25)28-9-3-6-12-35(28)43-37/h1-22H. The van der Waals surface area contributed by atoms with Crippen molar-refractivity contribution in [2.24, 2.45) is 0 Å². The number of rotatable bonds is 3. The van der Waals surface area contributed by atoms with E-state index in [9.17, 15) is 0 Å². The lowest BCUT2D eigenvalue weighted by atomic mass is 10.1. The van der Waals surface area contributed by atoms with Gasteiger partial charge in [0.15, 0.2) is 0 Å². The van der Waals surface area contributed by atoms with Gasteiger partial charge < -0.3 is 18.2 Å². The summed E-state index contributed by atoms with van der Waals surface area (Å²) in [5.41, 5.74) is 8.89. The Kier molecular flexibility index (Phi) is 4.66. The number of pyridine rings is 1. The Bertz CT molecular complexity index is 2630. The summed E-state index contributed by atoms with van der Waals surface area (Å²) in [6.07, 6.45) is 0. The van der Waals surface area contributed by atoms with Gasteiger partial charge in [-0.25, -0.2) is 4.98 Å². The lowest BCUT2D eigenvalue weighted by molar-refractivity contribution is 0.656. The van der Waals surface area contributed by atoms with Gasteiger partial charge in [-0.2, -0.15) is 0 Å². The predicted octanol–water partition coefficient (Wildman–Crippen LogP) is 11.4. The number of nitrogens with zero attached hydrogens (tertiary/aromatic N) is 2. The molecule has 0 aliphatic heterocycles. The number of furan rings is 3. The number of hydrogen-bond acceptors (Lipinski definition) is 5. The third kappa shape index (κ3) is 3.38. The van der Waals surface area contributed by atoms with Gasteiger partial charge in [0.2, 0.25) is 5.71 Å². The zero-order valence-corrected chi connectivity index (χ0v) is 23.3. The highest BCUT2D eigenvalue weighted by Gasteiger charge is 2.19. The molecule has 5 nitrogen and oxygen atoms in total. The van der Waals surface area contributed by atoms with Crippen molar-refractivity contribution in [2.45, 2.75) is 0 Å². The minimum Gasteiger partial charge on any atom is -0.456 e. The summed E-state index contributed by atoms with van der Waals surface area (Å²) >= 11 is 0. The van der Waals surface area contributed by atoms with Crippen LogP contribution in [-0.2, 0) is 0 Å². The van der Waals surface area contributed by atoms with Crippen molar-refractivity contribution in [2.75, 3.05) is 4.90 Å². The summed E-state index contributed by atoms with van der Waals surface area (Å²) in [5, 5.41) is 7.43.